The summed E-state index contributed by atoms with van der Waals surface area (Å²) in [5.74, 6) is 0.537. The molecule has 4 rings (SSSR count). The molecule has 0 aliphatic carbocycles. The van der Waals surface area contributed by atoms with Crippen molar-refractivity contribution in [2.75, 3.05) is 23.3 Å². The predicted octanol–water partition coefficient (Wildman–Crippen LogP) is 3.44. The second-order valence-corrected chi connectivity index (χ2v) is 7.41. The van der Waals surface area contributed by atoms with Gasteiger partial charge in [0.1, 0.15) is 0 Å². The number of benzene rings is 1. The van der Waals surface area contributed by atoms with Crippen molar-refractivity contribution in [3.8, 4) is 0 Å². The SMILES string of the molecule is O=C(Nc1cccc(Cl)c1)c1nc2c(s1)CCN(c1ncccn1)CC2. The number of nitrogens with zero attached hydrogens (tertiary/aromatic N) is 4. The molecule has 1 aliphatic rings. The number of carbonyl (C=O) groups is 1. The van der Waals surface area contributed by atoms with E-state index in [0.717, 1.165) is 42.5 Å². The fraction of sp³-hybridized carbons (Fsp3) is 0.222. The molecular weight excluding hydrogens is 370 g/mol. The minimum atomic E-state index is -0.200. The van der Waals surface area contributed by atoms with Gasteiger partial charge in [-0.2, -0.15) is 0 Å². The average molecular weight is 386 g/mol. The summed E-state index contributed by atoms with van der Waals surface area (Å²) < 4.78 is 0. The molecule has 2 aromatic heterocycles. The van der Waals surface area contributed by atoms with Gasteiger partial charge in [0.25, 0.3) is 5.91 Å². The molecule has 0 unspecified atom stereocenters. The van der Waals surface area contributed by atoms with Gasteiger partial charge in [-0.25, -0.2) is 15.0 Å². The molecule has 132 valence electrons. The van der Waals surface area contributed by atoms with Gasteiger partial charge in [-0.05, 0) is 24.3 Å². The molecule has 0 spiro atoms. The van der Waals surface area contributed by atoms with Crippen LogP contribution in [-0.4, -0.2) is 33.9 Å². The van der Waals surface area contributed by atoms with Crippen LogP contribution in [0.4, 0.5) is 11.6 Å². The number of amides is 1. The summed E-state index contributed by atoms with van der Waals surface area (Å²) >= 11 is 7.41. The molecular formula is C18H16ClN5OS. The van der Waals surface area contributed by atoms with Gasteiger partial charge in [-0.15, -0.1) is 11.3 Å². The Morgan fingerprint density at radius 2 is 1.96 bits per heavy atom. The molecule has 1 N–H and O–H groups in total. The van der Waals surface area contributed by atoms with Gasteiger partial charge >= 0.3 is 0 Å². The van der Waals surface area contributed by atoms with Gasteiger partial charge in [0.15, 0.2) is 5.01 Å². The monoisotopic (exact) mass is 385 g/mol. The van der Waals surface area contributed by atoms with E-state index >= 15 is 0 Å². The molecule has 0 atom stereocenters. The fourth-order valence-corrected chi connectivity index (χ4v) is 4.05. The van der Waals surface area contributed by atoms with Crippen molar-refractivity contribution in [1.29, 1.82) is 0 Å². The average Bonchev–Trinajstić information content (AvgIpc) is 2.96. The van der Waals surface area contributed by atoms with Gasteiger partial charge < -0.3 is 10.2 Å². The van der Waals surface area contributed by atoms with Crippen molar-refractivity contribution in [2.45, 2.75) is 12.8 Å². The van der Waals surface area contributed by atoms with Crippen LogP contribution in [0.5, 0.6) is 0 Å². The van der Waals surface area contributed by atoms with E-state index in [9.17, 15) is 4.79 Å². The molecule has 0 saturated heterocycles. The first-order chi connectivity index (χ1) is 12.7. The van der Waals surface area contributed by atoms with Crippen molar-refractivity contribution < 1.29 is 4.79 Å². The number of anilines is 2. The Morgan fingerprint density at radius 3 is 2.77 bits per heavy atom. The lowest BCUT2D eigenvalue weighted by Crippen LogP contribution is -2.27. The second kappa shape index (κ2) is 7.39. The molecule has 26 heavy (non-hydrogen) atoms. The standard InChI is InChI=1S/C18H16ClN5OS/c19-12-3-1-4-13(11-12)22-16(25)17-23-14-5-9-24(10-6-15(14)26-17)18-20-7-2-8-21-18/h1-4,7-8,11H,5-6,9-10H2,(H,22,25). The summed E-state index contributed by atoms with van der Waals surface area (Å²) in [4.78, 5) is 29.0. The number of rotatable bonds is 3. The van der Waals surface area contributed by atoms with Crippen LogP contribution in [0.3, 0.4) is 0 Å². The van der Waals surface area contributed by atoms with Crippen LogP contribution < -0.4 is 10.2 Å². The van der Waals surface area contributed by atoms with Crippen LogP contribution in [-0.2, 0) is 12.8 Å². The van der Waals surface area contributed by atoms with Crippen molar-refractivity contribution in [2.24, 2.45) is 0 Å². The molecule has 6 nitrogen and oxygen atoms in total. The number of thiazole rings is 1. The lowest BCUT2D eigenvalue weighted by Gasteiger charge is -2.19. The first kappa shape index (κ1) is 16.9. The van der Waals surface area contributed by atoms with Crippen molar-refractivity contribution in [1.82, 2.24) is 15.0 Å². The third kappa shape index (κ3) is 3.68. The molecule has 1 aliphatic heterocycles. The molecule has 8 heteroatoms. The number of carbonyl (C=O) groups excluding carboxylic acids is 1. The highest BCUT2D eigenvalue weighted by molar-refractivity contribution is 7.13. The number of hydrogen-bond donors (Lipinski definition) is 1. The number of hydrogen-bond acceptors (Lipinski definition) is 6. The Labute approximate surface area is 159 Å². The Bertz CT molecular complexity index is 905. The quantitative estimate of drug-likeness (QED) is 0.747. The summed E-state index contributed by atoms with van der Waals surface area (Å²) in [6, 6.07) is 8.90. The summed E-state index contributed by atoms with van der Waals surface area (Å²) in [6.45, 7) is 1.60. The summed E-state index contributed by atoms with van der Waals surface area (Å²) in [7, 11) is 0. The smallest absolute Gasteiger partial charge is 0.284 e. The minimum Gasteiger partial charge on any atom is -0.340 e. The molecule has 0 bridgehead atoms. The maximum Gasteiger partial charge on any atom is 0.284 e. The maximum atomic E-state index is 12.5. The topological polar surface area (TPSA) is 71.0 Å². The minimum absolute atomic E-state index is 0.200. The van der Waals surface area contributed by atoms with E-state index in [1.165, 1.54) is 11.3 Å². The lowest BCUT2D eigenvalue weighted by atomic mass is 10.2. The first-order valence-electron chi connectivity index (χ1n) is 8.26. The summed E-state index contributed by atoms with van der Waals surface area (Å²) in [5.41, 5.74) is 1.66. The number of halogens is 1. The first-order valence-corrected chi connectivity index (χ1v) is 9.46. The number of aromatic nitrogens is 3. The van der Waals surface area contributed by atoms with Gasteiger partial charge in [0, 0.05) is 53.9 Å². The summed E-state index contributed by atoms with van der Waals surface area (Å²) in [5, 5.41) is 3.92. The lowest BCUT2D eigenvalue weighted by molar-refractivity contribution is 0.102. The van der Waals surface area contributed by atoms with Crippen LogP contribution in [0.2, 0.25) is 5.02 Å². The van der Waals surface area contributed by atoms with E-state index < -0.39 is 0 Å². The highest BCUT2D eigenvalue weighted by Gasteiger charge is 2.22. The van der Waals surface area contributed by atoms with E-state index in [4.69, 9.17) is 11.6 Å². The Balaban J connectivity index is 1.46. The van der Waals surface area contributed by atoms with Crippen LogP contribution in [0.25, 0.3) is 0 Å². The third-order valence-electron chi connectivity index (χ3n) is 4.12. The zero-order chi connectivity index (χ0) is 17.9. The van der Waals surface area contributed by atoms with Gasteiger partial charge in [-0.3, -0.25) is 4.79 Å². The van der Waals surface area contributed by atoms with Crippen LogP contribution in [0.15, 0.2) is 42.7 Å². The summed E-state index contributed by atoms with van der Waals surface area (Å²) in [6.07, 6.45) is 5.10. The molecule has 3 aromatic rings. The molecule has 1 aromatic carbocycles. The Hall–Kier alpha value is -2.51. The Morgan fingerprint density at radius 1 is 1.15 bits per heavy atom. The second-order valence-electron chi connectivity index (χ2n) is 5.89. The zero-order valence-corrected chi connectivity index (χ0v) is 15.4. The number of fused-ring (bicyclic) bond motifs is 1. The maximum absolute atomic E-state index is 12.5. The highest BCUT2D eigenvalue weighted by atomic mass is 35.5. The van der Waals surface area contributed by atoms with Crippen LogP contribution in [0, 0.1) is 0 Å². The van der Waals surface area contributed by atoms with Crippen LogP contribution in [0.1, 0.15) is 20.4 Å². The van der Waals surface area contributed by atoms with E-state index in [1.54, 1.807) is 36.7 Å². The normalized spacial score (nSPS) is 13.8. The van der Waals surface area contributed by atoms with E-state index in [0.29, 0.717) is 15.7 Å². The van der Waals surface area contributed by atoms with Crippen molar-refractivity contribution in [3.05, 3.63) is 63.3 Å². The van der Waals surface area contributed by atoms with E-state index in [2.05, 4.69) is 25.2 Å². The molecule has 0 saturated carbocycles. The van der Waals surface area contributed by atoms with Crippen LogP contribution >= 0.6 is 22.9 Å². The predicted molar refractivity (Wildman–Crippen MR) is 103 cm³/mol. The van der Waals surface area contributed by atoms with E-state index in [-0.39, 0.29) is 5.91 Å². The number of nitrogens with one attached hydrogen (secondary N) is 1. The highest BCUT2D eigenvalue weighted by Crippen LogP contribution is 2.25. The molecule has 0 fully saturated rings. The largest absolute Gasteiger partial charge is 0.340 e. The van der Waals surface area contributed by atoms with Crippen molar-refractivity contribution in [3.63, 3.8) is 0 Å². The van der Waals surface area contributed by atoms with Gasteiger partial charge in [0.2, 0.25) is 5.95 Å². The zero-order valence-electron chi connectivity index (χ0n) is 13.9. The van der Waals surface area contributed by atoms with Gasteiger partial charge in [-0.1, -0.05) is 17.7 Å². The molecule has 0 radical (unpaired) electrons. The van der Waals surface area contributed by atoms with Gasteiger partial charge in [0.05, 0.1) is 5.69 Å². The Kier molecular flexibility index (Phi) is 4.81. The third-order valence-corrected chi connectivity index (χ3v) is 5.51. The molecule has 1 amide bonds. The van der Waals surface area contributed by atoms with Crippen molar-refractivity contribution >= 4 is 40.5 Å². The molecule has 3 heterocycles. The fourth-order valence-electron chi connectivity index (χ4n) is 2.87. The van der Waals surface area contributed by atoms with E-state index in [1.807, 2.05) is 6.07 Å².